The summed E-state index contributed by atoms with van der Waals surface area (Å²) in [5, 5.41) is 17.0. The van der Waals surface area contributed by atoms with Crippen molar-refractivity contribution in [2.45, 2.75) is 19.1 Å². The first-order valence-electron chi connectivity index (χ1n) is 5.67. The van der Waals surface area contributed by atoms with E-state index in [1.807, 2.05) is 6.92 Å². The number of aromatic nitrogens is 2. The van der Waals surface area contributed by atoms with Crippen LogP contribution in [0.3, 0.4) is 0 Å². The SMILES string of the molecule is Cc1cc(C(=O)N(C)[C@H]2CNC[C@@H]2O)n(C)n1. The van der Waals surface area contributed by atoms with Crippen LogP contribution in [0.2, 0.25) is 0 Å². The summed E-state index contributed by atoms with van der Waals surface area (Å²) in [4.78, 5) is 13.8. The topological polar surface area (TPSA) is 70.4 Å². The number of nitrogens with one attached hydrogen (secondary N) is 1. The molecule has 2 atom stereocenters. The maximum absolute atomic E-state index is 12.2. The van der Waals surface area contributed by atoms with Crippen molar-refractivity contribution in [3.63, 3.8) is 0 Å². The highest BCUT2D eigenvalue weighted by atomic mass is 16.3. The van der Waals surface area contributed by atoms with E-state index in [9.17, 15) is 9.90 Å². The van der Waals surface area contributed by atoms with Gasteiger partial charge in [-0.15, -0.1) is 0 Å². The molecule has 0 aliphatic carbocycles. The zero-order valence-corrected chi connectivity index (χ0v) is 10.3. The molecule has 1 aromatic heterocycles. The van der Waals surface area contributed by atoms with Crippen LogP contribution < -0.4 is 5.32 Å². The van der Waals surface area contributed by atoms with E-state index < -0.39 is 6.10 Å². The quantitative estimate of drug-likeness (QED) is 0.703. The summed E-state index contributed by atoms with van der Waals surface area (Å²) < 4.78 is 1.57. The fourth-order valence-corrected chi connectivity index (χ4v) is 2.19. The van der Waals surface area contributed by atoms with Crippen molar-refractivity contribution in [1.82, 2.24) is 20.0 Å². The number of aliphatic hydroxyl groups is 1. The summed E-state index contributed by atoms with van der Waals surface area (Å²) in [6, 6.07) is 1.59. The maximum Gasteiger partial charge on any atom is 0.272 e. The van der Waals surface area contributed by atoms with E-state index in [0.29, 0.717) is 18.8 Å². The van der Waals surface area contributed by atoms with Crippen molar-refractivity contribution in [2.75, 3.05) is 20.1 Å². The van der Waals surface area contributed by atoms with Crippen molar-refractivity contribution in [1.29, 1.82) is 0 Å². The van der Waals surface area contributed by atoms with E-state index >= 15 is 0 Å². The van der Waals surface area contributed by atoms with E-state index in [1.165, 1.54) is 0 Å². The molecule has 1 aliphatic heterocycles. The molecule has 0 saturated carbocycles. The van der Waals surface area contributed by atoms with Crippen LogP contribution in [0.25, 0.3) is 0 Å². The van der Waals surface area contributed by atoms with Gasteiger partial charge in [-0.1, -0.05) is 0 Å². The fraction of sp³-hybridized carbons (Fsp3) is 0.636. The molecule has 0 spiro atoms. The molecule has 1 saturated heterocycles. The second-order valence-electron chi connectivity index (χ2n) is 4.50. The van der Waals surface area contributed by atoms with Gasteiger partial charge >= 0.3 is 0 Å². The van der Waals surface area contributed by atoms with Gasteiger partial charge in [0.25, 0.3) is 5.91 Å². The Morgan fingerprint density at radius 1 is 1.65 bits per heavy atom. The molecule has 2 N–H and O–H groups in total. The number of β-amino-alcohol motifs (C(OH)–C–C–N with tert-alkyl or cyclic N) is 1. The normalized spacial score (nSPS) is 24.0. The zero-order valence-electron chi connectivity index (χ0n) is 10.3. The van der Waals surface area contributed by atoms with Crippen molar-refractivity contribution < 1.29 is 9.90 Å². The molecule has 1 aromatic rings. The highest BCUT2D eigenvalue weighted by molar-refractivity contribution is 5.92. The number of aryl methyl sites for hydroxylation is 2. The van der Waals surface area contributed by atoms with E-state index in [4.69, 9.17) is 0 Å². The van der Waals surface area contributed by atoms with E-state index in [2.05, 4.69) is 10.4 Å². The van der Waals surface area contributed by atoms with Crippen LogP contribution in [-0.4, -0.2) is 58.0 Å². The van der Waals surface area contributed by atoms with Gasteiger partial charge in [0.15, 0.2) is 0 Å². The second kappa shape index (κ2) is 4.46. The van der Waals surface area contributed by atoms with Crippen LogP contribution in [-0.2, 0) is 7.05 Å². The summed E-state index contributed by atoms with van der Waals surface area (Å²) in [5.41, 5.74) is 1.36. The highest BCUT2D eigenvalue weighted by Crippen LogP contribution is 2.12. The van der Waals surface area contributed by atoms with E-state index in [1.54, 1.807) is 29.7 Å². The lowest BCUT2D eigenvalue weighted by Crippen LogP contribution is -2.44. The number of aliphatic hydroxyl groups excluding tert-OH is 1. The number of hydrogen-bond acceptors (Lipinski definition) is 4. The van der Waals surface area contributed by atoms with Gasteiger partial charge in [0, 0.05) is 27.2 Å². The van der Waals surface area contributed by atoms with E-state index in [0.717, 1.165) is 5.69 Å². The summed E-state index contributed by atoms with van der Waals surface area (Å²) in [6.07, 6.45) is -0.502. The molecule has 0 radical (unpaired) electrons. The van der Waals surface area contributed by atoms with Crippen LogP contribution in [0, 0.1) is 6.92 Å². The predicted molar refractivity (Wildman–Crippen MR) is 62.7 cm³/mol. The number of nitrogens with zero attached hydrogens (tertiary/aromatic N) is 3. The molecule has 1 aliphatic rings. The van der Waals surface area contributed by atoms with Gasteiger partial charge in [-0.25, -0.2) is 0 Å². The highest BCUT2D eigenvalue weighted by Gasteiger charge is 2.32. The first kappa shape index (κ1) is 12.1. The monoisotopic (exact) mass is 238 g/mol. The Balaban J connectivity index is 2.17. The largest absolute Gasteiger partial charge is 0.390 e. The number of likely N-dealkylation sites (N-methyl/N-ethyl adjacent to an activating group) is 1. The van der Waals surface area contributed by atoms with Crippen LogP contribution in [0.15, 0.2) is 6.07 Å². The number of rotatable bonds is 2. The molecule has 17 heavy (non-hydrogen) atoms. The average Bonchev–Trinajstić information content (AvgIpc) is 2.82. The Morgan fingerprint density at radius 3 is 2.82 bits per heavy atom. The van der Waals surface area contributed by atoms with Gasteiger partial charge in [0.05, 0.1) is 17.8 Å². The Morgan fingerprint density at radius 2 is 2.35 bits per heavy atom. The van der Waals surface area contributed by atoms with Gasteiger partial charge in [0.1, 0.15) is 5.69 Å². The molecule has 6 nitrogen and oxygen atoms in total. The van der Waals surface area contributed by atoms with Crippen LogP contribution >= 0.6 is 0 Å². The molecule has 2 heterocycles. The Bertz CT molecular complexity index is 429. The minimum absolute atomic E-state index is 0.110. The molecule has 0 unspecified atom stereocenters. The molecule has 1 amide bonds. The van der Waals surface area contributed by atoms with Crippen molar-refractivity contribution in [3.8, 4) is 0 Å². The van der Waals surface area contributed by atoms with Crippen molar-refractivity contribution in [3.05, 3.63) is 17.5 Å². The Labute approximate surface area is 100 Å². The predicted octanol–water partition coefficient (Wildman–Crippen LogP) is -0.867. The summed E-state index contributed by atoms with van der Waals surface area (Å²) in [7, 11) is 3.46. The van der Waals surface area contributed by atoms with Crippen LogP contribution in [0.5, 0.6) is 0 Å². The molecule has 0 bridgehead atoms. The van der Waals surface area contributed by atoms with E-state index in [-0.39, 0.29) is 11.9 Å². The maximum atomic E-state index is 12.2. The molecular weight excluding hydrogens is 220 g/mol. The molecule has 1 fully saturated rings. The number of carbonyl (C=O) groups is 1. The lowest BCUT2D eigenvalue weighted by atomic mass is 10.2. The van der Waals surface area contributed by atoms with Crippen molar-refractivity contribution >= 4 is 5.91 Å². The summed E-state index contributed by atoms with van der Waals surface area (Å²) >= 11 is 0. The minimum atomic E-state index is -0.502. The molecule has 0 aromatic carbocycles. The number of hydrogen-bond donors (Lipinski definition) is 2. The minimum Gasteiger partial charge on any atom is -0.390 e. The number of amides is 1. The number of carbonyl (C=O) groups excluding carboxylic acids is 1. The Hall–Kier alpha value is -1.40. The van der Waals surface area contributed by atoms with Gasteiger partial charge in [0.2, 0.25) is 0 Å². The first-order chi connectivity index (χ1) is 8.00. The average molecular weight is 238 g/mol. The molecular formula is C11H18N4O2. The standard InChI is InChI=1S/C11H18N4O2/c1-7-4-8(15(3)13-7)11(17)14(2)9-5-12-6-10(9)16/h4,9-10,12,16H,5-6H2,1-3H3/t9-,10-/m0/s1. The van der Waals surface area contributed by atoms with Gasteiger partial charge in [-0.3, -0.25) is 9.48 Å². The fourth-order valence-electron chi connectivity index (χ4n) is 2.19. The summed E-state index contributed by atoms with van der Waals surface area (Å²) in [5.74, 6) is -0.110. The second-order valence-corrected chi connectivity index (χ2v) is 4.50. The van der Waals surface area contributed by atoms with Gasteiger partial charge in [-0.2, -0.15) is 5.10 Å². The third-order valence-electron chi connectivity index (χ3n) is 3.19. The van der Waals surface area contributed by atoms with Crippen LogP contribution in [0.4, 0.5) is 0 Å². The first-order valence-corrected chi connectivity index (χ1v) is 5.67. The zero-order chi connectivity index (χ0) is 12.6. The molecule has 6 heteroatoms. The van der Waals surface area contributed by atoms with Crippen LogP contribution in [0.1, 0.15) is 16.2 Å². The Kier molecular flexibility index (Phi) is 3.17. The molecule has 94 valence electrons. The molecule has 2 rings (SSSR count). The lowest BCUT2D eigenvalue weighted by Gasteiger charge is -2.26. The lowest BCUT2D eigenvalue weighted by molar-refractivity contribution is 0.0571. The van der Waals surface area contributed by atoms with Crippen molar-refractivity contribution in [2.24, 2.45) is 7.05 Å². The third kappa shape index (κ3) is 2.18. The smallest absolute Gasteiger partial charge is 0.272 e. The summed E-state index contributed by atoms with van der Waals surface area (Å²) in [6.45, 7) is 3.01. The van der Waals surface area contributed by atoms with Gasteiger partial charge in [-0.05, 0) is 13.0 Å². The third-order valence-corrected chi connectivity index (χ3v) is 3.19. The van der Waals surface area contributed by atoms with Gasteiger partial charge < -0.3 is 15.3 Å².